The van der Waals surface area contributed by atoms with Crippen LogP contribution in [0.3, 0.4) is 0 Å². The predicted molar refractivity (Wildman–Crippen MR) is 57.4 cm³/mol. The molecule has 0 radical (unpaired) electrons. The molecule has 1 fully saturated rings. The van der Waals surface area contributed by atoms with Gasteiger partial charge in [-0.25, -0.2) is 9.97 Å². The fourth-order valence-corrected chi connectivity index (χ4v) is 1.60. The van der Waals surface area contributed by atoms with Crippen molar-refractivity contribution in [2.75, 3.05) is 11.9 Å². The maximum atomic E-state index is 9.12. The average Bonchev–Trinajstić information content (AvgIpc) is 2.94. The normalized spacial score (nSPS) is 17.9. The van der Waals surface area contributed by atoms with Crippen LogP contribution >= 0.6 is 27.5 Å². The molecule has 0 amide bonds. The SMILES string of the molecule is OCC1(Nc2ncnc(Cl)c2Br)CC1. The van der Waals surface area contributed by atoms with E-state index in [2.05, 4.69) is 31.2 Å². The first-order chi connectivity index (χ1) is 6.67. The Hall–Kier alpha value is -0.390. The Kier molecular flexibility index (Phi) is 2.64. The zero-order valence-electron chi connectivity index (χ0n) is 7.30. The highest BCUT2D eigenvalue weighted by molar-refractivity contribution is 9.10. The third-order valence-corrected chi connectivity index (χ3v) is 3.55. The lowest BCUT2D eigenvalue weighted by Crippen LogP contribution is -2.26. The van der Waals surface area contributed by atoms with E-state index in [-0.39, 0.29) is 12.1 Å². The van der Waals surface area contributed by atoms with Crippen LogP contribution in [0.1, 0.15) is 12.8 Å². The summed E-state index contributed by atoms with van der Waals surface area (Å²) in [5.41, 5.74) is -0.194. The second-order valence-electron chi connectivity index (χ2n) is 3.39. The Morgan fingerprint density at radius 2 is 2.29 bits per heavy atom. The maximum absolute atomic E-state index is 9.12. The van der Waals surface area contributed by atoms with Crippen molar-refractivity contribution in [1.29, 1.82) is 0 Å². The third-order valence-electron chi connectivity index (χ3n) is 2.29. The number of anilines is 1. The van der Waals surface area contributed by atoms with Crippen LogP contribution in [0.25, 0.3) is 0 Å². The molecule has 0 spiro atoms. The van der Waals surface area contributed by atoms with Gasteiger partial charge in [0.15, 0.2) is 0 Å². The molecule has 1 aromatic heterocycles. The smallest absolute Gasteiger partial charge is 0.148 e. The number of aromatic nitrogens is 2. The molecule has 0 saturated heterocycles. The number of aliphatic hydroxyl groups is 1. The summed E-state index contributed by atoms with van der Waals surface area (Å²) in [4.78, 5) is 7.87. The Bertz CT molecular complexity index is 356. The van der Waals surface area contributed by atoms with E-state index >= 15 is 0 Å². The largest absolute Gasteiger partial charge is 0.394 e. The summed E-state index contributed by atoms with van der Waals surface area (Å²) in [5.74, 6) is 0.636. The van der Waals surface area contributed by atoms with Gasteiger partial charge in [0.2, 0.25) is 0 Å². The van der Waals surface area contributed by atoms with Gasteiger partial charge in [0, 0.05) is 0 Å². The summed E-state index contributed by atoms with van der Waals surface area (Å²) in [6, 6.07) is 0. The van der Waals surface area contributed by atoms with Crippen LogP contribution in [0.4, 0.5) is 5.82 Å². The van der Waals surface area contributed by atoms with E-state index in [1.54, 1.807) is 0 Å². The molecule has 14 heavy (non-hydrogen) atoms. The van der Waals surface area contributed by atoms with Gasteiger partial charge in [-0.15, -0.1) is 0 Å². The second-order valence-corrected chi connectivity index (χ2v) is 4.54. The Balaban J connectivity index is 2.21. The van der Waals surface area contributed by atoms with Gasteiger partial charge in [-0.2, -0.15) is 0 Å². The van der Waals surface area contributed by atoms with Crippen LogP contribution in [-0.2, 0) is 0 Å². The van der Waals surface area contributed by atoms with E-state index in [4.69, 9.17) is 16.7 Å². The van der Waals surface area contributed by atoms with Gasteiger partial charge in [0.05, 0.1) is 16.6 Å². The van der Waals surface area contributed by atoms with Gasteiger partial charge < -0.3 is 10.4 Å². The summed E-state index contributed by atoms with van der Waals surface area (Å²) < 4.78 is 0.640. The van der Waals surface area contributed by atoms with E-state index in [1.165, 1.54) is 6.33 Å². The lowest BCUT2D eigenvalue weighted by Gasteiger charge is -2.15. The van der Waals surface area contributed by atoms with E-state index in [9.17, 15) is 0 Å². The number of hydrogen-bond acceptors (Lipinski definition) is 4. The van der Waals surface area contributed by atoms with Gasteiger partial charge in [0.1, 0.15) is 17.3 Å². The molecule has 0 aromatic carbocycles. The van der Waals surface area contributed by atoms with E-state index < -0.39 is 0 Å². The quantitative estimate of drug-likeness (QED) is 0.828. The zero-order valence-corrected chi connectivity index (χ0v) is 9.64. The van der Waals surface area contributed by atoms with Crippen molar-refractivity contribution >= 4 is 33.3 Å². The molecule has 1 heterocycles. The van der Waals surface area contributed by atoms with Crippen LogP contribution in [-0.4, -0.2) is 27.2 Å². The molecule has 2 rings (SSSR count). The van der Waals surface area contributed by atoms with Crippen LogP contribution in [0.5, 0.6) is 0 Å². The molecule has 2 N–H and O–H groups in total. The number of nitrogens with one attached hydrogen (secondary N) is 1. The van der Waals surface area contributed by atoms with Gasteiger partial charge >= 0.3 is 0 Å². The minimum atomic E-state index is -0.194. The van der Waals surface area contributed by atoms with Crippen molar-refractivity contribution < 1.29 is 5.11 Å². The topological polar surface area (TPSA) is 58.0 Å². The van der Waals surface area contributed by atoms with Crippen molar-refractivity contribution in [3.8, 4) is 0 Å². The van der Waals surface area contributed by atoms with Gasteiger partial charge in [-0.3, -0.25) is 0 Å². The summed E-state index contributed by atoms with van der Waals surface area (Å²) in [5, 5.41) is 12.7. The average molecular weight is 279 g/mol. The highest BCUT2D eigenvalue weighted by Gasteiger charge is 2.42. The molecular formula is C8H9BrClN3O. The predicted octanol–water partition coefficient (Wildman–Crippen LogP) is 1.83. The monoisotopic (exact) mass is 277 g/mol. The van der Waals surface area contributed by atoms with Crippen LogP contribution < -0.4 is 5.32 Å². The molecular weight excluding hydrogens is 269 g/mol. The maximum Gasteiger partial charge on any atom is 0.148 e. The highest BCUT2D eigenvalue weighted by Crippen LogP contribution is 2.40. The highest BCUT2D eigenvalue weighted by atomic mass is 79.9. The van der Waals surface area contributed by atoms with Gasteiger partial charge in [0.25, 0.3) is 0 Å². The lowest BCUT2D eigenvalue weighted by atomic mass is 10.3. The lowest BCUT2D eigenvalue weighted by molar-refractivity contribution is 0.266. The molecule has 0 aliphatic heterocycles. The molecule has 0 unspecified atom stereocenters. The second kappa shape index (κ2) is 3.64. The van der Waals surface area contributed by atoms with Gasteiger partial charge in [-0.1, -0.05) is 11.6 Å². The van der Waals surface area contributed by atoms with Crippen molar-refractivity contribution in [2.24, 2.45) is 0 Å². The summed E-state index contributed by atoms with van der Waals surface area (Å²) in [6.07, 6.45) is 3.30. The molecule has 4 nitrogen and oxygen atoms in total. The summed E-state index contributed by atoms with van der Waals surface area (Å²) in [7, 11) is 0. The van der Waals surface area contributed by atoms with Crippen molar-refractivity contribution in [2.45, 2.75) is 18.4 Å². The fourth-order valence-electron chi connectivity index (χ4n) is 1.16. The van der Waals surface area contributed by atoms with Crippen LogP contribution in [0, 0.1) is 0 Å². The van der Waals surface area contributed by atoms with E-state index in [0.29, 0.717) is 15.4 Å². The van der Waals surface area contributed by atoms with Crippen molar-refractivity contribution in [3.05, 3.63) is 16.0 Å². The summed E-state index contributed by atoms with van der Waals surface area (Å²) in [6.45, 7) is 0.112. The van der Waals surface area contributed by atoms with Crippen LogP contribution in [0.2, 0.25) is 5.15 Å². The molecule has 1 aromatic rings. The molecule has 0 atom stereocenters. The third kappa shape index (κ3) is 1.85. The fraction of sp³-hybridized carbons (Fsp3) is 0.500. The minimum Gasteiger partial charge on any atom is -0.394 e. The first-order valence-corrected chi connectivity index (χ1v) is 5.39. The zero-order chi connectivity index (χ0) is 10.2. The molecule has 1 aliphatic rings. The molecule has 1 saturated carbocycles. The van der Waals surface area contributed by atoms with Gasteiger partial charge in [-0.05, 0) is 28.8 Å². The number of halogens is 2. The number of rotatable bonds is 3. The number of nitrogens with zero attached hydrogens (tertiary/aromatic N) is 2. The summed E-state index contributed by atoms with van der Waals surface area (Å²) >= 11 is 9.09. The first kappa shape index (κ1) is 10.1. The Morgan fingerprint density at radius 3 is 2.86 bits per heavy atom. The van der Waals surface area contributed by atoms with E-state index in [0.717, 1.165) is 12.8 Å². The molecule has 76 valence electrons. The Labute approximate surface area is 94.8 Å². The standard InChI is InChI=1S/C8H9BrClN3O/c9-5-6(10)11-4-12-7(5)13-8(3-14)1-2-8/h4,14H,1-3H2,(H,11,12,13). The minimum absolute atomic E-state index is 0.112. The van der Waals surface area contributed by atoms with Crippen LogP contribution in [0.15, 0.2) is 10.8 Å². The number of hydrogen-bond donors (Lipinski definition) is 2. The Morgan fingerprint density at radius 1 is 1.57 bits per heavy atom. The molecule has 6 heteroatoms. The van der Waals surface area contributed by atoms with E-state index in [1.807, 2.05) is 0 Å². The molecule has 0 bridgehead atoms. The number of aliphatic hydroxyl groups excluding tert-OH is 1. The van der Waals surface area contributed by atoms with Crippen molar-refractivity contribution in [3.63, 3.8) is 0 Å². The molecule has 1 aliphatic carbocycles. The van der Waals surface area contributed by atoms with Crippen molar-refractivity contribution in [1.82, 2.24) is 9.97 Å². The first-order valence-electron chi connectivity index (χ1n) is 4.22.